The zero-order valence-electron chi connectivity index (χ0n) is 42.8. The summed E-state index contributed by atoms with van der Waals surface area (Å²) in [6.07, 6.45) is 0. The Morgan fingerprint density at radius 1 is 0.400 bits per heavy atom. The predicted octanol–water partition coefficient (Wildman–Crippen LogP) is 18.0. The maximum Gasteiger partial charge on any atom is 0.252 e. The Morgan fingerprint density at radius 3 is 1.64 bits per heavy atom. The van der Waals surface area contributed by atoms with Crippen LogP contribution in [0.5, 0.6) is 0 Å². The van der Waals surface area contributed by atoms with Gasteiger partial charge in [-0.25, -0.2) is 0 Å². The molecule has 75 heavy (non-hydrogen) atoms. The number of furan rings is 2. The smallest absolute Gasteiger partial charge is 0.252 e. The summed E-state index contributed by atoms with van der Waals surface area (Å²) in [6.45, 7) is 13.6. The summed E-state index contributed by atoms with van der Waals surface area (Å²) in [5, 5.41) is 6.95. The average Bonchev–Trinajstić information content (AvgIpc) is 4.17. The van der Waals surface area contributed by atoms with E-state index in [9.17, 15) is 0 Å². The van der Waals surface area contributed by atoms with Gasteiger partial charge in [-0.15, -0.1) is 11.3 Å². The zero-order valence-corrected chi connectivity index (χ0v) is 43.6. The highest BCUT2D eigenvalue weighted by molar-refractivity contribution is 7.25. The minimum Gasteiger partial charge on any atom is -0.456 e. The third kappa shape index (κ3) is 6.70. The standard InChI is InChI=1S/C68H52BN3O2S/c1-67(2,3)41-25-29-43(30-26-41)71-55-19-13-20-56-66(55)69(53-40-62-51(47-15-7-10-21-59(47)74-62)39-58(53)72(56)44-31-27-42(28-32-44)68(4,5)6)52-36-34-45(37-57(52)71)70(46-33-35-49-48-16-9-12-24-63(48)75-64(49)38-46)54-18-14-23-61-65(54)50-17-8-11-22-60(50)73-61/h7-40H,1-6H3. The zero-order chi connectivity index (χ0) is 50.5. The van der Waals surface area contributed by atoms with Gasteiger partial charge < -0.3 is 23.5 Å². The number of para-hydroxylation sites is 2. The van der Waals surface area contributed by atoms with Gasteiger partial charge in [0.15, 0.2) is 0 Å². The summed E-state index contributed by atoms with van der Waals surface area (Å²) in [5.74, 6) is 0. The fourth-order valence-corrected chi connectivity index (χ4v) is 13.4. The molecule has 2 aliphatic rings. The van der Waals surface area contributed by atoms with Crippen molar-refractivity contribution in [3.63, 3.8) is 0 Å². The Morgan fingerprint density at radius 2 is 0.947 bits per heavy atom. The average molecular weight is 986 g/mol. The highest BCUT2D eigenvalue weighted by atomic mass is 32.1. The molecule has 5 heterocycles. The van der Waals surface area contributed by atoms with Crippen LogP contribution in [0.4, 0.5) is 51.2 Å². The van der Waals surface area contributed by atoms with Crippen LogP contribution in [0.2, 0.25) is 0 Å². The van der Waals surface area contributed by atoms with Crippen LogP contribution in [0.15, 0.2) is 215 Å². The van der Waals surface area contributed by atoms with E-state index in [2.05, 4.69) is 262 Å². The van der Waals surface area contributed by atoms with E-state index in [0.717, 1.165) is 89.4 Å². The van der Waals surface area contributed by atoms with Crippen LogP contribution in [0.25, 0.3) is 64.0 Å². The van der Waals surface area contributed by atoms with Crippen LogP contribution in [0.1, 0.15) is 52.7 Å². The van der Waals surface area contributed by atoms with E-state index in [1.165, 1.54) is 53.4 Å². The molecule has 0 amide bonds. The molecule has 15 rings (SSSR count). The molecule has 0 fully saturated rings. The highest BCUT2D eigenvalue weighted by Gasteiger charge is 2.44. The van der Waals surface area contributed by atoms with Gasteiger partial charge >= 0.3 is 0 Å². The SMILES string of the molecule is CC(C)(C)c1ccc(N2c3cc(N(c4ccc5c(c4)sc4ccccc45)c4cccc5oc6ccccc6c45)ccc3B3c4cc5oc6ccccc6c5cc4N(c4ccc(C(C)(C)C)cc4)c4cccc2c43)cc1. The van der Waals surface area contributed by atoms with Crippen molar-refractivity contribution in [3.8, 4) is 0 Å². The minimum atomic E-state index is -0.118. The Labute approximate surface area is 440 Å². The van der Waals surface area contributed by atoms with Gasteiger partial charge in [-0.2, -0.15) is 0 Å². The summed E-state index contributed by atoms with van der Waals surface area (Å²) >= 11 is 1.85. The lowest BCUT2D eigenvalue weighted by molar-refractivity contribution is 0.590. The molecule has 5 nitrogen and oxygen atoms in total. The lowest BCUT2D eigenvalue weighted by Crippen LogP contribution is -2.61. The normalized spacial score (nSPS) is 13.4. The van der Waals surface area contributed by atoms with Crippen molar-refractivity contribution in [1.82, 2.24) is 0 Å². The maximum absolute atomic E-state index is 6.77. The first kappa shape index (κ1) is 44.0. The number of thiophene rings is 1. The van der Waals surface area contributed by atoms with Crippen molar-refractivity contribution in [2.45, 2.75) is 52.4 Å². The Hall–Kier alpha value is -8.52. The third-order valence-corrected chi connectivity index (χ3v) is 17.1. The van der Waals surface area contributed by atoms with Crippen LogP contribution >= 0.6 is 11.3 Å². The van der Waals surface area contributed by atoms with E-state index < -0.39 is 0 Å². The number of rotatable bonds is 5. The van der Waals surface area contributed by atoms with Crippen LogP contribution in [0, 0.1) is 0 Å². The van der Waals surface area contributed by atoms with Crippen molar-refractivity contribution in [3.05, 3.63) is 217 Å². The molecule has 2 aliphatic heterocycles. The van der Waals surface area contributed by atoms with Crippen LogP contribution in [-0.2, 0) is 10.8 Å². The van der Waals surface area contributed by atoms with E-state index in [1.807, 2.05) is 11.3 Å². The third-order valence-electron chi connectivity index (χ3n) is 16.0. The molecule has 0 N–H and O–H groups in total. The monoisotopic (exact) mass is 985 g/mol. The molecule has 0 spiro atoms. The second-order valence-corrected chi connectivity index (χ2v) is 23.6. The molecule has 0 atom stereocenters. The fraction of sp³-hybridized carbons (Fsp3) is 0.118. The van der Waals surface area contributed by atoms with E-state index >= 15 is 0 Å². The number of fused-ring (bicyclic) bond motifs is 13. The quantitative estimate of drug-likeness (QED) is 0.161. The van der Waals surface area contributed by atoms with Crippen molar-refractivity contribution in [2.75, 3.05) is 14.7 Å². The molecule has 10 aromatic carbocycles. The Kier molecular flexibility index (Phi) is 9.39. The molecular formula is C68H52BN3O2S. The van der Waals surface area contributed by atoms with Gasteiger partial charge in [0.2, 0.25) is 0 Å². The van der Waals surface area contributed by atoms with E-state index in [-0.39, 0.29) is 17.5 Å². The van der Waals surface area contributed by atoms with E-state index in [1.54, 1.807) is 0 Å². The molecule has 13 aromatic rings. The minimum absolute atomic E-state index is 0.00839. The molecule has 0 radical (unpaired) electrons. The maximum atomic E-state index is 6.77. The lowest BCUT2D eigenvalue weighted by Gasteiger charge is -2.44. The first-order chi connectivity index (χ1) is 36.4. The van der Waals surface area contributed by atoms with Crippen molar-refractivity contribution in [2.24, 2.45) is 0 Å². The van der Waals surface area contributed by atoms with Crippen LogP contribution in [0.3, 0.4) is 0 Å². The van der Waals surface area contributed by atoms with E-state index in [0.29, 0.717) is 0 Å². The fourth-order valence-electron chi connectivity index (χ4n) is 12.3. The molecule has 0 unspecified atom stereocenters. The van der Waals surface area contributed by atoms with Crippen LogP contribution < -0.4 is 31.1 Å². The summed E-state index contributed by atoms with van der Waals surface area (Å²) in [6, 6.07) is 76.4. The van der Waals surface area contributed by atoms with Gasteiger partial charge in [-0.1, -0.05) is 145 Å². The summed E-state index contributed by atoms with van der Waals surface area (Å²) in [5.41, 5.74) is 19.8. The second-order valence-electron chi connectivity index (χ2n) is 22.5. The van der Waals surface area contributed by atoms with E-state index in [4.69, 9.17) is 8.83 Å². The van der Waals surface area contributed by atoms with Gasteiger partial charge in [0.05, 0.1) is 11.1 Å². The Bertz CT molecular complexity index is 4470. The summed E-state index contributed by atoms with van der Waals surface area (Å²) in [7, 11) is 0. The lowest BCUT2D eigenvalue weighted by atomic mass is 9.33. The number of hydrogen-bond donors (Lipinski definition) is 0. The Balaban J connectivity index is 1.01. The topological polar surface area (TPSA) is 36.0 Å². The van der Waals surface area contributed by atoms with Crippen LogP contribution in [-0.4, -0.2) is 6.71 Å². The van der Waals surface area contributed by atoms with Crippen molar-refractivity contribution < 1.29 is 8.83 Å². The van der Waals surface area contributed by atoms with Crippen molar-refractivity contribution in [1.29, 1.82) is 0 Å². The molecule has 3 aromatic heterocycles. The van der Waals surface area contributed by atoms with Crippen molar-refractivity contribution >= 4 is 150 Å². The van der Waals surface area contributed by atoms with Gasteiger partial charge in [0.25, 0.3) is 6.71 Å². The number of benzene rings is 10. The molecule has 360 valence electrons. The first-order valence-corrected chi connectivity index (χ1v) is 26.9. The predicted molar refractivity (Wildman–Crippen MR) is 320 cm³/mol. The largest absolute Gasteiger partial charge is 0.456 e. The number of anilines is 9. The molecule has 0 aliphatic carbocycles. The highest BCUT2D eigenvalue weighted by Crippen LogP contribution is 2.50. The van der Waals surface area contributed by atoms with Gasteiger partial charge in [-0.05, 0) is 141 Å². The van der Waals surface area contributed by atoms with Gasteiger partial charge in [0.1, 0.15) is 22.3 Å². The number of nitrogens with zero attached hydrogens (tertiary/aromatic N) is 3. The molecule has 0 saturated carbocycles. The van der Waals surface area contributed by atoms with Gasteiger partial charge in [0, 0.05) is 81.8 Å². The molecule has 7 heteroatoms. The summed E-state index contributed by atoms with van der Waals surface area (Å²) < 4.78 is 15.9. The molecule has 0 saturated heterocycles. The molecule has 0 bridgehead atoms. The summed E-state index contributed by atoms with van der Waals surface area (Å²) in [4.78, 5) is 7.48. The first-order valence-electron chi connectivity index (χ1n) is 26.1. The number of hydrogen-bond acceptors (Lipinski definition) is 6. The second kappa shape index (κ2) is 16.0. The van der Waals surface area contributed by atoms with Gasteiger partial charge in [-0.3, -0.25) is 0 Å². The molecular weight excluding hydrogens is 934 g/mol.